The van der Waals surface area contributed by atoms with Crippen LogP contribution in [-0.2, 0) is 0 Å². The monoisotopic (exact) mass is 405 g/mol. The normalized spacial score (nSPS) is 17.8. The first-order chi connectivity index (χ1) is 14.5. The van der Waals surface area contributed by atoms with E-state index in [0.29, 0.717) is 33.9 Å². The number of rotatable bonds is 3. The number of amides is 2. The third-order valence-corrected chi connectivity index (χ3v) is 6.13. The second kappa shape index (κ2) is 6.91. The number of aromatic nitrogens is 3. The Morgan fingerprint density at radius 2 is 1.83 bits per heavy atom. The molecule has 0 aliphatic carbocycles. The molecule has 4 heterocycles. The lowest BCUT2D eigenvalue weighted by Gasteiger charge is -2.33. The quantitative estimate of drug-likeness (QED) is 0.674. The fourth-order valence-corrected chi connectivity index (χ4v) is 4.44. The largest absolute Gasteiger partial charge is 0.480 e. The molecule has 2 amide bonds. The number of aromatic amines is 1. The third kappa shape index (κ3) is 2.79. The summed E-state index contributed by atoms with van der Waals surface area (Å²) in [6, 6.07) is 5.31. The van der Waals surface area contributed by atoms with Gasteiger partial charge in [-0.15, -0.1) is 0 Å². The molecule has 0 bridgehead atoms. The average Bonchev–Trinajstić information content (AvgIpc) is 3.25. The van der Waals surface area contributed by atoms with Crippen LogP contribution in [0.4, 0.5) is 0 Å². The number of imide groups is 1. The molecule has 0 spiro atoms. The van der Waals surface area contributed by atoms with Crippen molar-refractivity contribution in [2.75, 3.05) is 27.2 Å². The number of likely N-dealkylation sites (tertiary alicyclic amines) is 1. The molecule has 2 aromatic heterocycles. The smallest absolute Gasteiger partial charge is 0.261 e. The highest BCUT2D eigenvalue weighted by atomic mass is 16.5. The van der Waals surface area contributed by atoms with E-state index in [4.69, 9.17) is 4.74 Å². The summed E-state index contributed by atoms with van der Waals surface area (Å²) in [5.74, 6) is 0.647. The third-order valence-electron chi connectivity index (χ3n) is 6.13. The van der Waals surface area contributed by atoms with Crippen molar-refractivity contribution in [2.45, 2.75) is 25.8 Å². The van der Waals surface area contributed by atoms with E-state index in [2.05, 4.69) is 26.9 Å². The summed E-state index contributed by atoms with van der Waals surface area (Å²) < 4.78 is 5.39. The highest BCUT2D eigenvalue weighted by molar-refractivity contribution is 6.23. The molecule has 0 unspecified atom stereocenters. The van der Waals surface area contributed by atoms with Crippen LogP contribution in [-0.4, -0.2) is 69.9 Å². The minimum atomic E-state index is -0.217. The summed E-state index contributed by atoms with van der Waals surface area (Å²) in [6.45, 7) is 3.73. The van der Waals surface area contributed by atoms with Crippen LogP contribution in [0.25, 0.3) is 22.4 Å². The lowest BCUT2D eigenvalue weighted by molar-refractivity contribution is 0.0516. The number of methoxy groups -OCH3 is 1. The number of imidazole rings is 1. The molecule has 154 valence electrons. The van der Waals surface area contributed by atoms with E-state index in [-0.39, 0.29) is 17.9 Å². The first-order valence-electron chi connectivity index (χ1n) is 10.1. The maximum atomic E-state index is 13.1. The summed E-state index contributed by atoms with van der Waals surface area (Å²) in [6.07, 6.45) is 3.30. The minimum Gasteiger partial charge on any atom is -0.480 e. The van der Waals surface area contributed by atoms with Gasteiger partial charge in [0.15, 0.2) is 0 Å². The number of piperidine rings is 1. The van der Waals surface area contributed by atoms with Gasteiger partial charge in [0.2, 0.25) is 5.88 Å². The zero-order valence-corrected chi connectivity index (χ0v) is 17.2. The Kier molecular flexibility index (Phi) is 4.32. The van der Waals surface area contributed by atoms with E-state index in [9.17, 15) is 9.59 Å². The Bertz CT molecular complexity index is 1120. The molecule has 1 aromatic carbocycles. The molecule has 2 aliphatic heterocycles. The van der Waals surface area contributed by atoms with Crippen molar-refractivity contribution in [3.63, 3.8) is 0 Å². The van der Waals surface area contributed by atoms with Crippen LogP contribution in [0.5, 0.6) is 5.88 Å². The van der Waals surface area contributed by atoms with Crippen LogP contribution in [0.1, 0.15) is 39.1 Å². The fraction of sp³-hybridized carbons (Fsp3) is 0.364. The van der Waals surface area contributed by atoms with Crippen LogP contribution in [0.15, 0.2) is 24.4 Å². The molecule has 8 heteroatoms. The lowest BCUT2D eigenvalue weighted by atomic mass is 10.0. The summed E-state index contributed by atoms with van der Waals surface area (Å²) in [5, 5.41) is 0. The van der Waals surface area contributed by atoms with Crippen molar-refractivity contribution in [2.24, 2.45) is 0 Å². The number of aryl methyl sites for hydroxylation is 1. The highest BCUT2D eigenvalue weighted by Crippen LogP contribution is 2.34. The number of carbonyl (C=O) groups is 2. The molecule has 1 saturated heterocycles. The number of carbonyl (C=O) groups excluding carboxylic acids is 2. The number of fused-ring (bicyclic) bond motifs is 2. The van der Waals surface area contributed by atoms with Gasteiger partial charge < -0.3 is 14.6 Å². The average molecular weight is 405 g/mol. The van der Waals surface area contributed by atoms with Crippen LogP contribution in [0.3, 0.4) is 0 Å². The van der Waals surface area contributed by atoms with E-state index >= 15 is 0 Å². The van der Waals surface area contributed by atoms with E-state index in [1.807, 2.05) is 13.0 Å². The molecule has 0 saturated carbocycles. The van der Waals surface area contributed by atoms with Gasteiger partial charge in [-0.1, -0.05) is 0 Å². The van der Waals surface area contributed by atoms with Gasteiger partial charge in [-0.25, -0.2) is 9.97 Å². The van der Waals surface area contributed by atoms with E-state index in [1.54, 1.807) is 25.4 Å². The van der Waals surface area contributed by atoms with Gasteiger partial charge in [-0.3, -0.25) is 14.5 Å². The standard InChI is InChI=1S/C22H23N5O3/c1-12-4-7-23-20(30-3)18(12)19-24-16-10-14-15(11-17(16)25-19)22(29)27(21(14)28)13-5-8-26(2)9-6-13/h4,7,10-11,13H,5-6,8-9H2,1-3H3,(H,24,25). The number of H-pyrrole nitrogens is 1. The summed E-state index contributed by atoms with van der Waals surface area (Å²) in [5.41, 5.74) is 3.95. The molecule has 1 fully saturated rings. The molecule has 1 N–H and O–H groups in total. The van der Waals surface area contributed by atoms with E-state index in [0.717, 1.165) is 37.1 Å². The number of hydrogen-bond donors (Lipinski definition) is 1. The highest BCUT2D eigenvalue weighted by Gasteiger charge is 2.41. The lowest BCUT2D eigenvalue weighted by Crippen LogP contribution is -2.46. The second-order valence-corrected chi connectivity index (χ2v) is 8.03. The van der Waals surface area contributed by atoms with Crippen molar-refractivity contribution in [3.8, 4) is 17.3 Å². The Balaban J connectivity index is 1.54. The van der Waals surface area contributed by atoms with Gasteiger partial charge in [0, 0.05) is 12.2 Å². The molecule has 2 aliphatic rings. The zero-order chi connectivity index (χ0) is 21.0. The van der Waals surface area contributed by atoms with Gasteiger partial charge in [-0.2, -0.15) is 0 Å². The number of nitrogens with one attached hydrogen (secondary N) is 1. The van der Waals surface area contributed by atoms with Crippen LogP contribution in [0.2, 0.25) is 0 Å². The van der Waals surface area contributed by atoms with Crippen molar-refractivity contribution < 1.29 is 14.3 Å². The minimum absolute atomic E-state index is 0.0437. The predicted molar refractivity (Wildman–Crippen MR) is 112 cm³/mol. The van der Waals surface area contributed by atoms with Crippen LogP contribution >= 0.6 is 0 Å². The van der Waals surface area contributed by atoms with Crippen molar-refractivity contribution in [1.29, 1.82) is 0 Å². The molecule has 0 radical (unpaired) electrons. The maximum Gasteiger partial charge on any atom is 0.261 e. The molecule has 3 aromatic rings. The maximum absolute atomic E-state index is 13.1. The van der Waals surface area contributed by atoms with Gasteiger partial charge in [-0.05, 0) is 63.7 Å². The second-order valence-electron chi connectivity index (χ2n) is 8.03. The van der Waals surface area contributed by atoms with Crippen LogP contribution in [0, 0.1) is 6.92 Å². The Labute approximate surface area is 173 Å². The van der Waals surface area contributed by atoms with Gasteiger partial charge in [0.05, 0.1) is 34.8 Å². The SMILES string of the molecule is COc1nccc(C)c1-c1nc2cc3c(cc2[nH]1)C(=O)N(C1CCN(C)CC1)C3=O. The Morgan fingerprint density at radius 3 is 2.53 bits per heavy atom. The first kappa shape index (κ1) is 18.7. The number of nitrogens with zero attached hydrogens (tertiary/aromatic N) is 4. The van der Waals surface area contributed by atoms with Gasteiger partial charge in [0.25, 0.3) is 11.8 Å². The molecule has 8 nitrogen and oxygen atoms in total. The van der Waals surface area contributed by atoms with Crippen molar-refractivity contribution in [1.82, 2.24) is 24.8 Å². The van der Waals surface area contributed by atoms with E-state index in [1.165, 1.54) is 4.90 Å². The topological polar surface area (TPSA) is 91.4 Å². The summed E-state index contributed by atoms with van der Waals surface area (Å²) in [7, 11) is 3.63. The number of pyridine rings is 1. The van der Waals surface area contributed by atoms with Crippen LogP contribution < -0.4 is 4.74 Å². The van der Waals surface area contributed by atoms with Crippen molar-refractivity contribution >= 4 is 22.8 Å². The molecule has 0 atom stereocenters. The number of benzene rings is 1. The van der Waals surface area contributed by atoms with Gasteiger partial charge in [0.1, 0.15) is 5.82 Å². The zero-order valence-electron chi connectivity index (χ0n) is 17.2. The van der Waals surface area contributed by atoms with E-state index < -0.39 is 0 Å². The Hall–Kier alpha value is -3.26. The van der Waals surface area contributed by atoms with Crippen molar-refractivity contribution in [3.05, 3.63) is 41.1 Å². The number of hydrogen-bond acceptors (Lipinski definition) is 6. The summed E-state index contributed by atoms with van der Waals surface area (Å²) in [4.78, 5) is 42.1. The molecular weight excluding hydrogens is 382 g/mol. The Morgan fingerprint density at radius 1 is 1.13 bits per heavy atom. The fourth-order valence-electron chi connectivity index (χ4n) is 4.44. The molecule has 5 rings (SSSR count). The molecule has 30 heavy (non-hydrogen) atoms. The summed E-state index contributed by atoms with van der Waals surface area (Å²) >= 11 is 0. The molecular formula is C22H23N5O3. The van der Waals surface area contributed by atoms with Gasteiger partial charge >= 0.3 is 0 Å². The predicted octanol–water partition coefficient (Wildman–Crippen LogP) is 2.63. The number of ether oxygens (including phenoxy) is 1. The first-order valence-corrected chi connectivity index (χ1v) is 10.1.